The SMILES string of the molecule is C[C@H](COCC1CO1)Nc1nc(Cl)nc(C(=O)[O-])c1Cl.[Li+]. The van der Waals surface area contributed by atoms with E-state index in [1.165, 1.54) is 0 Å². The van der Waals surface area contributed by atoms with E-state index in [0.717, 1.165) is 6.61 Å². The molecular formula is C11H12Cl2LiN3O4. The van der Waals surface area contributed by atoms with Gasteiger partial charge in [-0.1, -0.05) is 11.6 Å². The Morgan fingerprint density at radius 3 is 2.81 bits per heavy atom. The van der Waals surface area contributed by atoms with Gasteiger partial charge in [0.05, 0.1) is 25.8 Å². The van der Waals surface area contributed by atoms with Gasteiger partial charge >= 0.3 is 18.9 Å². The quantitative estimate of drug-likeness (QED) is 0.332. The summed E-state index contributed by atoms with van der Waals surface area (Å²) in [6.07, 6.45) is 0.184. The Kier molecular flexibility index (Phi) is 7.20. The van der Waals surface area contributed by atoms with Crippen LogP contribution in [0, 0.1) is 0 Å². The third-order valence-corrected chi connectivity index (χ3v) is 3.00. The maximum absolute atomic E-state index is 10.9. The van der Waals surface area contributed by atoms with Crippen LogP contribution in [0.3, 0.4) is 0 Å². The molecule has 1 fully saturated rings. The molecule has 1 aliphatic heterocycles. The molecule has 7 nitrogen and oxygen atoms in total. The standard InChI is InChI=1S/C11H13Cl2N3O4.Li/c1-5(2-19-3-6-4-20-6)14-9-7(12)8(10(17)18)15-11(13)16-9;/h5-6H,2-4H2,1H3,(H,17,18)(H,14,15,16);/q;+1/p-1/t5-,6?;/m1./s1. The number of aromatic nitrogens is 2. The molecule has 2 rings (SSSR count). The molecule has 0 amide bonds. The predicted molar refractivity (Wildman–Crippen MR) is 70.0 cm³/mol. The molecule has 0 spiro atoms. The largest absolute Gasteiger partial charge is 1.00 e. The summed E-state index contributed by atoms with van der Waals surface area (Å²) in [6, 6.07) is -0.146. The Bertz CT molecular complexity index is 516. The third-order valence-electron chi connectivity index (χ3n) is 2.47. The van der Waals surface area contributed by atoms with Crippen LogP contribution in [0.2, 0.25) is 10.3 Å². The zero-order chi connectivity index (χ0) is 14.7. The number of hydrogen-bond donors (Lipinski definition) is 1. The van der Waals surface area contributed by atoms with Gasteiger partial charge in [-0.2, -0.15) is 4.98 Å². The van der Waals surface area contributed by atoms with E-state index in [9.17, 15) is 9.90 Å². The van der Waals surface area contributed by atoms with Gasteiger partial charge in [-0.3, -0.25) is 0 Å². The molecule has 0 aliphatic carbocycles. The van der Waals surface area contributed by atoms with Gasteiger partial charge < -0.3 is 24.7 Å². The Balaban J connectivity index is 0.00000220. The molecule has 1 aromatic heterocycles. The number of carbonyl (C=O) groups excluding carboxylic acids is 1. The van der Waals surface area contributed by atoms with Crippen LogP contribution >= 0.6 is 23.2 Å². The monoisotopic (exact) mass is 327 g/mol. The molecule has 0 saturated carbocycles. The van der Waals surface area contributed by atoms with Crippen LogP contribution in [0.4, 0.5) is 5.82 Å². The van der Waals surface area contributed by atoms with E-state index < -0.39 is 11.7 Å². The van der Waals surface area contributed by atoms with E-state index in [1.807, 2.05) is 6.92 Å². The first-order valence-electron chi connectivity index (χ1n) is 5.87. The first kappa shape index (κ1) is 18.5. The summed E-state index contributed by atoms with van der Waals surface area (Å²) in [5.74, 6) is -1.39. The summed E-state index contributed by atoms with van der Waals surface area (Å²) in [6.45, 7) is 3.47. The molecule has 1 saturated heterocycles. The minimum atomic E-state index is -1.52. The summed E-state index contributed by atoms with van der Waals surface area (Å²) in [5.41, 5.74) is -0.450. The average Bonchev–Trinajstić information content (AvgIpc) is 3.17. The van der Waals surface area contributed by atoms with Crippen LogP contribution in [0.25, 0.3) is 0 Å². The number of rotatable bonds is 7. The van der Waals surface area contributed by atoms with Crippen LogP contribution in [-0.4, -0.2) is 47.9 Å². The first-order chi connectivity index (χ1) is 9.47. The van der Waals surface area contributed by atoms with Gasteiger partial charge in [0.1, 0.15) is 16.8 Å². The van der Waals surface area contributed by atoms with Crippen molar-refractivity contribution in [2.45, 2.75) is 19.1 Å². The molecule has 1 N–H and O–H groups in total. The van der Waals surface area contributed by atoms with E-state index in [0.29, 0.717) is 13.2 Å². The molecule has 2 atom stereocenters. The number of carboxylic acids is 1. The normalized spacial score (nSPS) is 17.8. The van der Waals surface area contributed by atoms with Crippen LogP contribution in [-0.2, 0) is 9.47 Å². The number of aromatic carboxylic acids is 1. The van der Waals surface area contributed by atoms with Gasteiger partial charge in [-0.15, -0.1) is 0 Å². The molecule has 0 radical (unpaired) electrons. The van der Waals surface area contributed by atoms with Crippen molar-refractivity contribution in [3.05, 3.63) is 16.0 Å². The second-order valence-corrected chi connectivity index (χ2v) is 5.05. The molecular weight excluding hydrogens is 316 g/mol. The molecule has 0 bridgehead atoms. The number of ether oxygens (including phenoxy) is 2. The van der Waals surface area contributed by atoms with Gasteiger partial charge in [0.15, 0.2) is 5.82 Å². The summed E-state index contributed by atoms with van der Waals surface area (Å²) >= 11 is 11.5. The maximum atomic E-state index is 10.9. The molecule has 110 valence electrons. The Labute approximate surface area is 143 Å². The molecule has 2 heterocycles. The second-order valence-electron chi connectivity index (χ2n) is 4.33. The summed E-state index contributed by atoms with van der Waals surface area (Å²) in [4.78, 5) is 18.2. The van der Waals surface area contributed by atoms with E-state index in [4.69, 9.17) is 32.7 Å². The number of hydrogen-bond acceptors (Lipinski definition) is 7. The van der Waals surface area contributed by atoms with Crippen molar-refractivity contribution in [3.8, 4) is 0 Å². The van der Waals surface area contributed by atoms with Crippen LogP contribution in [0.1, 0.15) is 17.4 Å². The zero-order valence-corrected chi connectivity index (χ0v) is 13.1. The van der Waals surface area contributed by atoms with E-state index in [1.54, 1.807) is 0 Å². The van der Waals surface area contributed by atoms with Crippen molar-refractivity contribution in [3.63, 3.8) is 0 Å². The summed E-state index contributed by atoms with van der Waals surface area (Å²) in [7, 11) is 0. The van der Waals surface area contributed by atoms with Gasteiger partial charge in [0.2, 0.25) is 5.28 Å². The fraction of sp³-hybridized carbons (Fsp3) is 0.545. The molecule has 0 aromatic carbocycles. The van der Waals surface area contributed by atoms with Crippen molar-refractivity contribution in [1.82, 2.24) is 9.97 Å². The van der Waals surface area contributed by atoms with Crippen molar-refractivity contribution < 1.29 is 38.2 Å². The van der Waals surface area contributed by atoms with E-state index in [-0.39, 0.29) is 47.1 Å². The van der Waals surface area contributed by atoms with Gasteiger partial charge in [0, 0.05) is 6.04 Å². The van der Waals surface area contributed by atoms with Crippen molar-refractivity contribution in [1.29, 1.82) is 0 Å². The average molecular weight is 328 g/mol. The minimum Gasteiger partial charge on any atom is -0.543 e. The Hall–Kier alpha value is -0.553. The van der Waals surface area contributed by atoms with Gasteiger partial charge in [0.25, 0.3) is 0 Å². The van der Waals surface area contributed by atoms with Crippen molar-refractivity contribution in [2.75, 3.05) is 25.1 Å². The molecule has 10 heteroatoms. The third kappa shape index (κ3) is 5.62. The van der Waals surface area contributed by atoms with Crippen LogP contribution in [0.15, 0.2) is 0 Å². The Morgan fingerprint density at radius 2 is 2.24 bits per heavy atom. The minimum absolute atomic E-state index is 0. The number of carbonyl (C=O) groups is 1. The molecule has 1 aliphatic rings. The van der Waals surface area contributed by atoms with Gasteiger partial charge in [-0.25, -0.2) is 4.98 Å². The second kappa shape index (κ2) is 8.18. The summed E-state index contributed by atoms with van der Waals surface area (Å²) in [5, 5.41) is 13.4. The number of halogens is 2. The number of carboxylic acid groups (broad SMARTS) is 1. The van der Waals surface area contributed by atoms with Crippen molar-refractivity contribution >= 4 is 35.0 Å². The predicted octanol–water partition coefficient (Wildman–Crippen LogP) is -2.63. The Morgan fingerprint density at radius 1 is 1.57 bits per heavy atom. The number of nitrogens with one attached hydrogen (secondary N) is 1. The smallest absolute Gasteiger partial charge is 0.543 e. The van der Waals surface area contributed by atoms with Crippen molar-refractivity contribution in [2.24, 2.45) is 0 Å². The van der Waals surface area contributed by atoms with Crippen LogP contribution in [0.5, 0.6) is 0 Å². The topological polar surface area (TPSA) is 99.7 Å². The number of nitrogens with zero attached hydrogens (tertiary/aromatic N) is 2. The van der Waals surface area contributed by atoms with Crippen LogP contribution < -0.4 is 29.3 Å². The fourth-order valence-corrected chi connectivity index (χ4v) is 1.85. The van der Waals surface area contributed by atoms with E-state index in [2.05, 4.69) is 15.3 Å². The zero-order valence-electron chi connectivity index (χ0n) is 11.6. The molecule has 21 heavy (non-hydrogen) atoms. The molecule has 1 unspecified atom stereocenters. The number of anilines is 1. The van der Waals surface area contributed by atoms with E-state index >= 15 is 0 Å². The van der Waals surface area contributed by atoms with Gasteiger partial charge in [-0.05, 0) is 18.5 Å². The molecule has 1 aromatic rings. The maximum Gasteiger partial charge on any atom is 1.00 e. The fourth-order valence-electron chi connectivity index (χ4n) is 1.47. The number of epoxide rings is 1. The summed E-state index contributed by atoms with van der Waals surface area (Å²) < 4.78 is 10.4. The first-order valence-corrected chi connectivity index (χ1v) is 6.63.